The normalized spacial score (nSPS) is 19.5. The average molecular weight is 592 g/mol. The molecule has 0 unspecified atom stereocenters. The van der Waals surface area contributed by atoms with Crippen LogP contribution in [0.15, 0.2) is 82.6 Å². The van der Waals surface area contributed by atoms with Gasteiger partial charge in [0.15, 0.2) is 6.61 Å². The minimum absolute atomic E-state index is 0.223. The van der Waals surface area contributed by atoms with E-state index in [2.05, 4.69) is 10.3 Å². The molecular weight excluding hydrogens is 569 g/mol. The van der Waals surface area contributed by atoms with E-state index in [0.717, 1.165) is 16.2 Å². The summed E-state index contributed by atoms with van der Waals surface area (Å²) in [6.07, 6.45) is 0. The highest BCUT2D eigenvalue weighted by Gasteiger charge is 2.56. The first-order valence-corrected chi connectivity index (χ1v) is 14.2. The molecule has 0 aliphatic carbocycles. The molecule has 1 aromatic heterocycles. The molecule has 1 saturated heterocycles. The number of hydrogen-bond acceptors (Lipinski definition) is 8. The summed E-state index contributed by atoms with van der Waals surface area (Å²) in [5.41, 5.74) is 1.61. The second-order valence-electron chi connectivity index (χ2n) is 9.37. The number of imide groups is 1. The van der Waals surface area contributed by atoms with Gasteiger partial charge < -0.3 is 19.8 Å². The van der Waals surface area contributed by atoms with Gasteiger partial charge in [0.25, 0.3) is 5.91 Å². The van der Waals surface area contributed by atoms with Crippen LogP contribution in [-0.4, -0.2) is 41.7 Å². The number of benzene rings is 3. The minimum Gasteiger partial charge on any atom is -0.497 e. The number of nitrogens with one attached hydrogen (secondary N) is 2. The van der Waals surface area contributed by atoms with Crippen molar-refractivity contribution in [2.45, 2.75) is 16.2 Å². The predicted octanol–water partition coefficient (Wildman–Crippen LogP) is 4.40. The number of aromatic amines is 1. The van der Waals surface area contributed by atoms with Gasteiger partial charge in [-0.25, -0.2) is 9.29 Å². The molecule has 2 N–H and O–H groups in total. The van der Waals surface area contributed by atoms with Crippen LogP contribution in [0.2, 0.25) is 0 Å². The number of hydrogen-bond donors (Lipinski definition) is 2. The van der Waals surface area contributed by atoms with Crippen LogP contribution in [0.4, 0.5) is 15.8 Å². The third kappa shape index (κ3) is 5.11. The van der Waals surface area contributed by atoms with Crippen LogP contribution in [-0.2, 0) is 14.4 Å². The number of methoxy groups -OCH3 is 1. The highest BCUT2D eigenvalue weighted by Crippen LogP contribution is 2.53. The average Bonchev–Trinajstić information content (AvgIpc) is 3.47. The fraction of sp³-hybridized carbons (Fsp3) is 0.172. The molecule has 1 fully saturated rings. The van der Waals surface area contributed by atoms with Crippen LogP contribution >= 0.6 is 23.1 Å². The van der Waals surface area contributed by atoms with E-state index in [1.807, 2.05) is 0 Å². The molecule has 3 heterocycles. The summed E-state index contributed by atoms with van der Waals surface area (Å²) in [4.78, 5) is 56.1. The number of aromatic nitrogens is 1. The number of thiazole rings is 1. The van der Waals surface area contributed by atoms with Crippen LogP contribution in [0.25, 0.3) is 0 Å². The van der Waals surface area contributed by atoms with Crippen molar-refractivity contribution in [3.05, 3.63) is 98.7 Å². The van der Waals surface area contributed by atoms with Gasteiger partial charge in [-0.15, -0.1) is 0 Å². The highest BCUT2D eigenvalue weighted by molar-refractivity contribution is 8.00. The first-order valence-electron chi connectivity index (χ1n) is 12.5. The predicted molar refractivity (Wildman–Crippen MR) is 152 cm³/mol. The molecule has 3 amide bonds. The lowest BCUT2D eigenvalue weighted by atomic mass is 9.83. The van der Waals surface area contributed by atoms with E-state index < -0.39 is 34.7 Å². The first kappa shape index (κ1) is 26.8. The maximum atomic E-state index is 13.7. The Labute approximate surface area is 241 Å². The summed E-state index contributed by atoms with van der Waals surface area (Å²) in [6, 6.07) is 19.0. The summed E-state index contributed by atoms with van der Waals surface area (Å²) in [5.74, 6) is -1.86. The van der Waals surface area contributed by atoms with Crippen LogP contribution in [0.5, 0.6) is 11.5 Å². The lowest BCUT2D eigenvalue weighted by Gasteiger charge is -2.29. The van der Waals surface area contributed by atoms with E-state index in [1.54, 1.807) is 55.6 Å². The standard InChI is InChI=1S/C29H22FN3O6S2/c1-38-19-12-6-17(7-13-19)31-21(34)14-39-20-10-2-15(3-11-20)22-23-25(40-26-24(22)41-29(37)32-26)28(36)33(27(23)35)18-8-4-16(30)5-9-18/h2-13,22-23,25H,14H2,1H3,(H,31,34)(H,32,37)/t22-,23-,25+/m0/s1. The summed E-state index contributed by atoms with van der Waals surface area (Å²) in [7, 11) is 1.56. The largest absolute Gasteiger partial charge is 0.497 e. The molecule has 3 atom stereocenters. The molecule has 208 valence electrons. The van der Waals surface area contributed by atoms with Gasteiger partial charge in [0.05, 0.1) is 23.7 Å². The first-order chi connectivity index (χ1) is 19.8. The number of carbonyl (C=O) groups is 3. The summed E-state index contributed by atoms with van der Waals surface area (Å²) in [6.45, 7) is -0.223. The molecule has 6 rings (SSSR count). The number of halogens is 1. The van der Waals surface area contributed by atoms with Crippen molar-refractivity contribution in [1.29, 1.82) is 0 Å². The number of amides is 3. The zero-order chi connectivity index (χ0) is 28.7. The number of nitrogens with zero attached hydrogens (tertiary/aromatic N) is 1. The number of rotatable bonds is 7. The van der Waals surface area contributed by atoms with Crippen molar-refractivity contribution in [1.82, 2.24) is 4.98 Å². The number of anilines is 2. The maximum absolute atomic E-state index is 13.7. The van der Waals surface area contributed by atoms with Crippen LogP contribution < -0.4 is 24.6 Å². The van der Waals surface area contributed by atoms with Crippen LogP contribution in [0.3, 0.4) is 0 Å². The summed E-state index contributed by atoms with van der Waals surface area (Å²) >= 11 is 2.18. The van der Waals surface area contributed by atoms with E-state index in [-0.39, 0.29) is 17.4 Å². The molecule has 0 radical (unpaired) electrons. The Kier molecular flexibility index (Phi) is 7.10. The lowest BCUT2D eigenvalue weighted by molar-refractivity contribution is -0.122. The lowest BCUT2D eigenvalue weighted by Crippen LogP contribution is -2.32. The molecule has 0 saturated carbocycles. The van der Waals surface area contributed by atoms with Gasteiger partial charge >= 0.3 is 4.87 Å². The van der Waals surface area contributed by atoms with E-state index in [9.17, 15) is 23.6 Å². The van der Waals surface area contributed by atoms with E-state index in [4.69, 9.17) is 9.47 Å². The molecule has 3 aromatic carbocycles. The van der Waals surface area contributed by atoms with Gasteiger partial charge in [-0.05, 0) is 66.2 Å². The topological polar surface area (TPSA) is 118 Å². The minimum atomic E-state index is -0.765. The third-order valence-electron chi connectivity index (χ3n) is 6.89. The fourth-order valence-electron chi connectivity index (χ4n) is 5.01. The molecule has 2 aliphatic rings. The Morgan fingerprint density at radius 2 is 1.63 bits per heavy atom. The van der Waals surface area contributed by atoms with Crippen molar-refractivity contribution >= 4 is 52.2 Å². The summed E-state index contributed by atoms with van der Waals surface area (Å²) < 4.78 is 24.3. The van der Waals surface area contributed by atoms with Crippen molar-refractivity contribution < 1.29 is 28.2 Å². The number of ether oxygens (including phenoxy) is 2. The SMILES string of the molecule is COc1ccc(NC(=O)COc2ccc([C@@H]3c4sc(=O)[nH]c4S[C@H]4C(=O)N(c5ccc(F)cc5)C(=O)[C@@H]34)cc2)cc1. The quantitative estimate of drug-likeness (QED) is 0.306. The van der Waals surface area contributed by atoms with Gasteiger partial charge in [-0.3, -0.25) is 19.2 Å². The van der Waals surface area contributed by atoms with Crippen molar-refractivity contribution in [3.63, 3.8) is 0 Å². The monoisotopic (exact) mass is 591 g/mol. The Morgan fingerprint density at radius 1 is 0.951 bits per heavy atom. The van der Waals surface area contributed by atoms with Crippen LogP contribution in [0.1, 0.15) is 16.4 Å². The van der Waals surface area contributed by atoms with Gasteiger partial charge in [0, 0.05) is 16.5 Å². The smallest absolute Gasteiger partial charge is 0.305 e. The Balaban J connectivity index is 1.22. The molecule has 12 heteroatoms. The molecule has 2 aliphatic heterocycles. The molecule has 4 aromatic rings. The highest BCUT2D eigenvalue weighted by atomic mass is 32.2. The van der Waals surface area contributed by atoms with Crippen molar-refractivity contribution in [2.75, 3.05) is 23.9 Å². The Bertz CT molecular complexity index is 1690. The Morgan fingerprint density at radius 3 is 2.32 bits per heavy atom. The van der Waals surface area contributed by atoms with Gasteiger partial charge in [0.1, 0.15) is 22.6 Å². The van der Waals surface area contributed by atoms with Gasteiger partial charge in [-0.1, -0.05) is 35.2 Å². The third-order valence-corrected chi connectivity index (χ3v) is 9.29. The molecule has 9 nitrogen and oxygen atoms in total. The fourth-order valence-corrected chi connectivity index (χ4v) is 7.53. The van der Waals surface area contributed by atoms with E-state index in [1.165, 1.54) is 36.0 Å². The number of fused-ring (bicyclic) bond motifs is 2. The van der Waals surface area contributed by atoms with E-state index >= 15 is 0 Å². The number of carbonyl (C=O) groups excluding carboxylic acids is 3. The number of thioether (sulfide) groups is 1. The van der Waals surface area contributed by atoms with Crippen molar-refractivity contribution in [2.24, 2.45) is 5.92 Å². The zero-order valence-corrected chi connectivity index (χ0v) is 23.1. The molecule has 41 heavy (non-hydrogen) atoms. The number of H-pyrrole nitrogens is 1. The van der Waals surface area contributed by atoms with Gasteiger partial charge in [0.2, 0.25) is 11.8 Å². The second kappa shape index (κ2) is 10.9. The zero-order valence-electron chi connectivity index (χ0n) is 21.5. The Hall–Kier alpha value is -4.42. The molecule has 0 spiro atoms. The van der Waals surface area contributed by atoms with Crippen LogP contribution in [0, 0.1) is 11.7 Å². The van der Waals surface area contributed by atoms with Crippen molar-refractivity contribution in [3.8, 4) is 11.5 Å². The van der Waals surface area contributed by atoms with E-state index in [0.29, 0.717) is 38.3 Å². The van der Waals surface area contributed by atoms with Gasteiger partial charge in [-0.2, -0.15) is 0 Å². The summed E-state index contributed by atoms with van der Waals surface area (Å²) in [5, 5.41) is 2.55. The molecular formula is C29H22FN3O6S2. The molecule has 0 bridgehead atoms. The second-order valence-corrected chi connectivity index (χ2v) is 11.5. The maximum Gasteiger partial charge on any atom is 0.305 e.